The number of fused-ring (bicyclic) bond motifs is 1. The topological polar surface area (TPSA) is 55.4 Å². The number of methoxy groups -OCH3 is 1. The van der Waals surface area contributed by atoms with Crippen LogP contribution in [0.3, 0.4) is 0 Å². The van der Waals surface area contributed by atoms with Gasteiger partial charge < -0.3 is 10.1 Å². The highest BCUT2D eigenvalue weighted by atomic mass is 32.1. The second kappa shape index (κ2) is 8.29. The van der Waals surface area contributed by atoms with E-state index in [0.29, 0.717) is 17.0 Å². The summed E-state index contributed by atoms with van der Waals surface area (Å²) in [4.78, 5) is 25.9. The number of hydrogen-bond acceptors (Lipinski definition) is 5. The molecule has 1 aliphatic carbocycles. The summed E-state index contributed by atoms with van der Waals surface area (Å²) in [6, 6.07) is 10.3. The molecule has 6 heteroatoms. The van der Waals surface area contributed by atoms with Crippen LogP contribution in [0.5, 0.6) is 0 Å². The number of amides is 1. The number of benzene rings is 1. The number of nitrogens with one attached hydrogen (secondary N) is 1. The molecule has 144 valence electrons. The predicted molar refractivity (Wildman–Crippen MR) is 114 cm³/mol. The average Bonchev–Trinajstić information content (AvgIpc) is 3.37. The summed E-state index contributed by atoms with van der Waals surface area (Å²) in [5.74, 6) is -0.563. The molecule has 4 rings (SSSR count). The fourth-order valence-corrected chi connectivity index (χ4v) is 5.29. The van der Waals surface area contributed by atoms with E-state index in [4.69, 9.17) is 4.74 Å². The van der Waals surface area contributed by atoms with E-state index in [-0.39, 0.29) is 5.91 Å². The fraction of sp³-hybridized carbons (Fsp3) is 0.273. The molecular formula is C22H21NO3S2. The van der Waals surface area contributed by atoms with Crippen molar-refractivity contribution in [1.29, 1.82) is 0 Å². The Hall–Kier alpha value is -2.44. The van der Waals surface area contributed by atoms with Gasteiger partial charge >= 0.3 is 5.97 Å². The molecule has 0 atom stereocenters. The Kier molecular flexibility index (Phi) is 5.59. The van der Waals surface area contributed by atoms with Crippen LogP contribution in [0, 0.1) is 0 Å². The summed E-state index contributed by atoms with van der Waals surface area (Å²) in [6.07, 6.45) is 4.93. The Bertz CT molecular complexity index is 1000. The van der Waals surface area contributed by atoms with Crippen LogP contribution in [0.25, 0.3) is 11.1 Å². The number of anilines is 1. The Morgan fingerprint density at radius 2 is 1.93 bits per heavy atom. The molecule has 1 N–H and O–H groups in total. The molecule has 0 aliphatic heterocycles. The molecule has 28 heavy (non-hydrogen) atoms. The Morgan fingerprint density at radius 1 is 1.11 bits per heavy atom. The molecule has 2 aromatic heterocycles. The molecule has 0 saturated heterocycles. The lowest BCUT2D eigenvalue weighted by molar-refractivity contribution is -0.115. The van der Waals surface area contributed by atoms with Gasteiger partial charge in [-0.2, -0.15) is 0 Å². The van der Waals surface area contributed by atoms with E-state index in [9.17, 15) is 9.59 Å². The minimum Gasteiger partial charge on any atom is -0.465 e. The summed E-state index contributed by atoms with van der Waals surface area (Å²) in [7, 11) is 1.37. The quantitative estimate of drug-likeness (QED) is 0.578. The number of rotatable bonds is 5. The minimum absolute atomic E-state index is 0.133. The van der Waals surface area contributed by atoms with Crippen molar-refractivity contribution in [3.05, 3.63) is 62.7 Å². The minimum atomic E-state index is -0.430. The van der Waals surface area contributed by atoms with Gasteiger partial charge in [0.1, 0.15) is 10.6 Å². The molecule has 0 unspecified atom stereocenters. The maximum Gasteiger partial charge on any atom is 0.341 e. The van der Waals surface area contributed by atoms with Crippen LogP contribution in [0.4, 0.5) is 5.00 Å². The van der Waals surface area contributed by atoms with Crippen molar-refractivity contribution >= 4 is 39.6 Å². The molecule has 0 bridgehead atoms. The normalized spacial score (nSPS) is 13.0. The second-order valence-corrected chi connectivity index (χ2v) is 8.75. The largest absolute Gasteiger partial charge is 0.465 e. The van der Waals surface area contributed by atoms with Crippen molar-refractivity contribution in [3.8, 4) is 11.1 Å². The van der Waals surface area contributed by atoms with Crippen LogP contribution >= 0.6 is 22.7 Å². The highest BCUT2D eigenvalue weighted by Gasteiger charge is 2.23. The number of esters is 1. The number of aryl methyl sites for hydroxylation is 2. The van der Waals surface area contributed by atoms with Gasteiger partial charge in [-0.1, -0.05) is 24.3 Å². The SMILES string of the molecule is COC(=O)c1c(-c2ccc3c(c2)CCCC3)csc1NC(=O)Cc1cccs1. The molecule has 3 aromatic rings. The summed E-state index contributed by atoms with van der Waals surface area (Å²) in [5, 5.41) is 7.32. The van der Waals surface area contributed by atoms with Gasteiger partial charge in [-0.15, -0.1) is 22.7 Å². The highest BCUT2D eigenvalue weighted by molar-refractivity contribution is 7.15. The Balaban J connectivity index is 1.65. The standard InChI is InChI=1S/C22H21NO3S2/c1-26-22(25)20-18(16-9-8-14-5-2-3-6-15(14)11-16)13-28-21(20)23-19(24)12-17-7-4-10-27-17/h4,7-11,13H,2-3,5-6,12H2,1H3,(H,23,24). The van der Waals surface area contributed by atoms with E-state index < -0.39 is 5.97 Å². The van der Waals surface area contributed by atoms with Crippen molar-refractivity contribution in [2.45, 2.75) is 32.1 Å². The third-order valence-corrected chi connectivity index (χ3v) is 6.78. The van der Waals surface area contributed by atoms with Gasteiger partial charge in [0.05, 0.1) is 13.5 Å². The number of carbonyl (C=O) groups excluding carboxylic acids is 2. The van der Waals surface area contributed by atoms with Crippen molar-refractivity contribution in [3.63, 3.8) is 0 Å². The van der Waals surface area contributed by atoms with Crippen LogP contribution in [-0.2, 0) is 28.8 Å². The van der Waals surface area contributed by atoms with Crippen molar-refractivity contribution in [2.75, 3.05) is 12.4 Å². The summed E-state index contributed by atoms with van der Waals surface area (Å²) < 4.78 is 5.02. The number of hydrogen-bond donors (Lipinski definition) is 1. The van der Waals surface area contributed by atoms with Gasteiger partial charge in [0.2, 0.25) is 5.91 Å². The van der Waals surface area contributed by atoms with Crippen LogP contribution in [0.2, 0.25) is 0 Å². The monoisotopic (exact) mass is 411 g/mol. The van der Waals surface area contributed by atoms with Gasteiger partial charge in [0.15, 0.2) is 0 Å². The maximum absolute atomic E-state index is 12.5. The van der Waals surface area contributed by atoms with Gasteiger partial charge in [0, 0.05) is 15.8 Å². The van der Waals surface area contributed by atoms with Gasteiger partial charge in [-0.25, -0.2) is 4.79 Å². The molecule has 2 heterocycles. The molecule has 0 fully saturated rings. The molecule has 0 radical (unpaired) electrons. The van der Waals surface area contributed by atoms with Crippen molar-refractivity contribution in [2.24, 2.45) is 0 Å². The van der Waals surface area contributed by atoms with E-state index >= 15 is 0 Å². The number of carbonyl (C=O) groups is 2. The molecule has 4 nitrogen and oxygen atoms in total. The molecular weight excluding hydrogens is 390 g/mol. The maximum atomic E-state index is 12.5. The molecule has 1 aromatic carbocycles. The summed E-state index contributed by atoms with van der Waals surface area (Å²) in [6.45, 7) is 0. The Morgan fingerprint density at radius 3 is 2.68 bits per heavy atom. The summed E-state index contributed by atoms with van der Waals surface area (Å²) >= 11 is 2.91. The fourth-order valence-electron chi connectivity index (χ4n) is 3.61. The predicted octanol–water partition coefficient (Wildman–Crippen LogP) is 5.32. The zero-order chi connectivity index (χ0) is 19.5. The van der Waals surface area contributed by atoms with E-state index in [2.05, 4.69) is 23.5 Å². The summed E-state index contributed by atoms with van der Waals surface area (Å²) in [5.41, 5.74) is 5.00. The molecule has 0 saturated carbocycles. The Labute approximate surface area is 172 Å². The van der Waals surface area contributed by atoms with Gasteiger partial charge in [-0.05, 0) is 53.8 Å². The first-order valence-electron chi connectivity index (χ1n) is 9.30. The molecule has 1 amide bonds. The first kappa shape index (κ1) is 18.9. The first-order chi connectivity index (χ1) is 13.7. The smallest absolute Gasteiger partial charge is 0.341 e. The zero-order valence-corrected chi connectivity index (χ0v) is 17.3. The molecule has 0 spiro atoms. The van der Waals surface area contributed by atoms with E-state index in [0.717, 1.165) is 28.8 Å². The van der Waals surface area contributed by atoms with Crippen molar-refractivity contribution in [1.82, 2.24) is 0 Å². The third-order valence-electron chi connectivity index (χ3n) is 5.01. The van der Waals surface area contributed by atoms with Crippen LogP contribution in [-0.4, -0.2) is 19.0 Å². The van der Waals surface area contributed by atoms with E-state index in [1.54, 1.807) is 11.3 Å². The van der Waals surface area contributed by atoms with E-state index in [1.807, 2.05) is 22.9 Å². The number of thiophene rings is 2. The van der Waals surface area contributed by atoms with Crippen LogP contribution in [0.1, 0.15) is 39.2 Å². The first-order valence-corrected chi connectivity index (χ1v) is 11.1. The lowest BCUT2D eigenvalue weighted by Crippen LogP contribution is -2.15. The zero-order valence-electron chi connectivity index (χ0n) is 15.6. The number of ether oxygens (including phenoxy) is 1. The van der Waals surface area contributed by atoms with Gasteiger partial charge in [0.25, 0.3) is 0 Å². The lowest BCUT2D eigenvalue weighted by atomic mass is 9.89. The second-order valence-electron chi connectivity index (χ2n) is 6.84. The third kappa shape index (κ3) is 3.88. The van der Waals surface area contributed by atoms with E-state index in [1.165, 1.54) is 42.4 Å². The highest BCUT2D eigenvalue weighted by Crippen LogP contribution is 2.37. The van der Waals surface area contributed by atoms with Gasteiger partial charge in [-0.3, -0.25) is 4.79 Å². The molecule has 1 aliphatic rings. The van der Waals surface area contributed by atoms with Crippen molar-refractivity contribution < 1.29 is 14.3 Å². The average molecular weight is 412 g/mol. The van der Waals surface area contributed by atoms with Crippen LogP contribution in [0.15, 0.2) is 41.1 Å². The van der Waals surface area contributed by atoms with Crippen LogP contribution < -0.4 is 5.32 Å². The lowest BCUT2D eigenvalue weighted by Gasteiger charge is -2.16.